The Balaban J connectivity index is 2.38. The molecular formula is C13H19NO3. The number of hydrogen-bond acceptors (Lipinski definition) is 4. The summed E-state index contributed by atoms with van der Waals surface area (Å²) in [6.45, 7) is 4.45. The first kappa shape index (κ1) is 12.2. The van der Waals surface area contributed by atoms with Gasteiger partial charge in [0.2, 0.25) is 0 Å². The summed E-state index contributed by atoms with van der Waals surface area (Å²) in [4.78, 5) is 0. The minimum absolute atomic E-state index is 0.0347. The minimum atomic E-state index is 0.0347. The quantitative estimate of drug-likeness (QED) is 0.868. The Morgan fingerprint density at radius 2 is 2.12 bits per heavy atom. The third-order valence-electron chi connectivity index (χ3n) is 2.99. The van der Waals surface area contributed by atoms with Crippen molar-refractivity contribution in [2.75, 3.05) is 33.9 Å². The number of benzene rings is 1. The maximum atomic E-state index is 5.76. The summed E-state index contributed by atoms with van der Waals surface area (Å²) in [7, 11) is 3.36. The minimum Gasteiger partial charge on any atom is -0.497 e. The van der Waals surface area contributed by atoms with Crippen molar-refractivity contribution in [1.29, 1.82) is 0 Å². The van der Waals surface area contributed by atoms with Crippen LogP contribution in [0.2, 0.25) is 0 Å². The fourth-order valence-electron chi connectivity index (χ4n) is 2.17. The van der Waals surface area contributed by atoms with Gasteiger partial charge in [-0.2, -0.15) is 0 Å². The van der Waals surface area contributed by atoms with E-state index in [1.165, 1.54) is 0 Å². The van der Waals surface area contributed by atoms with Crippen LogP contribution in [0.3, 0.4) is 0 Å². The monoisotopic (exact) mass is 237 g/mol. The zero-order valence-electron chi connectivity index (χ0n) is 10.6. The van der Waals surface area contributed by atoms with Gasteiger partial charge in [0.25, 0.3) is 0 Å². The molecule has 0 saturated carbocycles. The first-order valence-corrected chi connectivity index (χ1v) is 5.81. The molecule has 1 aliphatic rings. The van der Waals surface area contributed by atoms with Crippen LogP contribution >= 0.6 is 0 Å². The highest BCUT2D eigenvalue weighted by atomic mass is 16.5. The van der Waals surface area contributed by atoms with Crippen LogP contribution in [0.5, 0.6) is 11.5 Å². The van der Waals surface area contributed by atoms with E-state index in [1.807, 2.05) is 19.1 Å². The normalized spacial score (nSPS) is 20.1. The van der Waals surface area contributed by atoms with Crippen molar-refractivity contribution in [3.63, 3.8) is 0 Å². The Labute approximate surface area is 102 Å². The number of hydrogen-bond donors (Lipinski definition) is 1. The van der Waals surface area contributed by atoms with Crippen LogP contribution in [0.15, 0.2) is 12.1 Å². The molecule has 1 atom stereocenters. The first-order valence-electron chi connectivity index (χ1n) is 5.81. The third-order valence-corrected chi connectivity index (χ3v) is 2.99. The van der Waals surface area contributed by atoms with E-state index >= 15 is 0 Å². The molecule has 0 aliphatic carbocycles. The number of morpholine rings is 1. The van der Waals surface area contributed by atoms with Crippen LogP contribution in [0.25, 0.3) is 0 Å². The molecule has 1 saturated heterocycles. The van der Waals surface area contributed by atoms with Gasteiger partial charge in [0.15, 0.2) is 0 Å². The highest BCUT2D eigenvalue weighted by molar-refractivity contribution is 5.48. The number of nitrogens with one attached hydrogen (secondary N) is 1. The van der Waals surface area contributed by atoms with Gasteiger partial charge in [0.1, 0.15) is 11.5 Å². The lowest BCUT2D eigenvalue weighted by atomic mass is 10.0. The largest absolute Gasteiger partial charge is 0.497 e. The molecule has 0 amide bonds. The zero-order chi connectivity index (χ0) is 12.3. The van der Waals surface area contributed by atoms with Crippen molar-refractivity contribution >= 4 is 0 Å². The fourth-order valence-corrected chi connectivity index (χ4v) is 2.17. The van der Waals surface area contributed by atoms with E-state index < -0.39 is 0 Å². The van der Waals surface area contributed by atoms with Crippen molar-refractivity contribution in [2.45, 2.75) is 13.0 Å². The molecule has 0 bridgehead atoms. The summed E-state index contributed by atoms with van der Waals surface area (Å²) in [5.74, 6) is 1.73. The molecule has 1 fully saturated rings. The molecular weight excluding hydrogens is 218 g/mol. The SMILES string of the molecule is COc1cc(C)c(OC)c(C2CNCCO2)c1. The molecule has 1 heterocycles. The van der Waals surface area contributed by atoms with Crippen molar-refractivity contribution < 1.29 is 14.2 Å². The molecule has 1 aliphatic heterocycles. The van der Waals surface area contributed by atoms with Gasteiger partial charge in [0, 0.05) is 18.7 Å². The molecule has 1 aromatic carbocycles. The number of aryl methyl sites for hydroxylation is 1. The summed E-state index contributed by atoms with van der Waals surface area (Å²) in [5.41, 5.74) is 2.12. The van der Waals surface area contributed by atoms with Crippen LogP contribution in [0, 0.1) is 6.92 Å². The molecule has 94 valence electrons. The molecule has 0 aromatic heterocycles. The predicted octanol–water partition coefficient (Wildman–Crippen LogP) is 1.67. The number of methoxy groups -OCH3 is 2. The Morgan fingerprint density at radius 3 is 2.71 bits per heavy atom. The van der Waals surface area contributed by atoms with E-state index in [-0.39, 0.29) is 6.10 Å². The van der Waals surface area contributed by atoms with Crippen molar-refractivity contribution in [1.82, 2.24) is 5.32 Å². The molecule has 17 heavy (non-hydrogen) atoms. The Morgan fingerprint density at radius 1 is 1.29 bits per heavy atom. The van der Waals surface area contributed by atoms with E-state index in [4.69, 9.17) is 14.2 Å². The highest BCUT2D eigenvalue weighted by Crippen LogP contribution is 2.34. The summed E-state index contributed by atoms with van der Waals surface area (Å²) in [6, 6.07) is 3.96. The Bertz CT molecular complexity index is 386. The predicted molar refractivity (Wildman–Crippen MR) is 65.8 cm³/mol. The van der Waals surface area contributed by atoms with E-state index in [0.29, 0.717) is 0 Å². The third kappa shape index (κ3) is 2.53. The second kappa shape index (κ2) is 5.38. The van der Waals surface area contributed by atoms with Gasteiger partial charge in [-0.25, -0.2) is 0 Å². The standard InChI is InChI=1S/C13H19NO3/c1-9-6-10(15-2)7-11(13(9)16-3)12-8-14-4-5-17-12/h6-7,12,14H,4-5,8H2,1-3H3. The van der Waals surface area contributed by atoms with Gasteiger partial charge in [-0.15, -0.1) is 0 Å². The van der Waals surface area contributed by atoms with Gasteiger partial charge < -0.3 is 19.5 Å². The van der Waals surface area contributed by atoms with E-state index in [9.17, 15) is 0 Å². The lowest BCUT2D eigenvalue weighted by Gasteiger charge is -2.26. The van der Waals surface area contributed by atoms with E-state index in [0.717, 1.165) is 42.3 Å². The average Bonchev–Trinajstić information content (AvgIpc) is 2.38. The Hall–Kier alpha value is -1.26. The topological polar surface area (TPSA) is 39.7 Å². The number of rotatable bonds is 3. The van der Waals surface area contributed by atoms with Crippen molar-refractivity contribution in [3.05, 3.63) is 23.3 Å². The molecule has 1 aromatic rings. The second-order valence-corrected chi connectivity index (χ2v) is 4.13. The smallest absolute Gasteiger partial charge is 0.127 e. The van der Waals surface area contributed by atoms with Gasteiger partial charge in [0.05, 0.1) is 26.9 Å². The summed E-state index contributed by atoms with van der Waals surface area (Å²) in [5, 5.41) is 3.32. The van der Waals surface area contributed by atoms with E-state index in [1.54, 1.807) is 14.2 Å². The van der Waals surface area contributed by atoms with Crippen LogP contribution in [-0.2, 0) is 4.74 Å². The van der Waals surface area contributed by atoms with Crippen LogP contribution in [0.4, 0.5) is 0 Å². The highest BCUT2D eigenvalue weighted by Gasteiger charge is 2.21. The lowest BCUT2D eigenvalue weighted by Crippen LogP contribution is -2.33. The molecule has 1 N–H and O–H groups in total. The summed E-state index contributed by atoms with van der Waals surface area (Å²) in [6.07, 6.45) is 0.0347. The van der Waals surface area contributed by atoms with Crippen LogP contribution in [0.1, 0.15) is 17.2 Å². The van der Waals surface area contributed by atoms with Crippen LogP contribution in [-0.4, -0.2) is 33.9 Å². The van der Waals surface area contributed by atoms with Crippen LogP contribution < -0.4 is 14.8 Å². The van der Waals surface area contributed by atoms with Crippen molar-refractivity contribution in [3.8, 4) is 11.5 Å². The zero-order valence-corrected chi connectivity index (χ0v) is 10.6. The summed E-state index contributed by atoms with van der Waals surface area (Å²) < 4.78 is 16.5. The maximum absolute atomic E-state index is 5.76. The molecule has 2 rings (SSSR count). The summed E-state index contributed by atoms with van der Waals surface area (Å²) >= 11 is 0. The van der Waals surface area contributed by atoms with Gasteiger partial charge in [-0.1, -0.05) is 0 Å². The van der Waals surface area contributed by atoms with Crippen molar-refractivity contribution in [2.24, 2.45) is 0 Å². The lowest BCUT2D eigenvalue weighted by molar-refractivity contribution is 0.0261. The fraction of sp³-hybridized carbons (Fsp3) is 0.538. The van der Waals surface area contributed by atoms with Gasteiger partial charge in [-0.05, 0) is 24.6 Å². The van der Waals surface area contributed by atoms with E-state index in [2.05, 4.69) is 5.32 Å². The first-order chi connectivity index (χ1) is 8.26. The number of ether oxygens (including phenoxy) is 3. The maximum Gasteiger partial charge on any atom is 0.127 e. The molecule has 4 nitrogen and oxygen atoms in total. The molecule has 1 unspecified atom stereocenters. The molecule has 0 spiro atoms. The second-order valence-electron chi connectivity index (χ2n) is 4.13. The van der Waals surface area contributed by atoms with Gasteiger partial charge in [-0.3, -0.25) is 0 Å². The molecule has 0 radical (unpaired) electrons. The van der Waals surface area contributed by atoms with Gasteiger partial charge >= 0.3 is 0 Å². The average molecular weight is 237 g/mol. The molecule has 4 heteroatoms. The Kier molecular flexibility index (Phi) is 3.86.